The summed E-state index contributed by atoms with van der Waals surface area (Å²) in [5.74, 6) is -0.1000. The van der Waals surface area contributed by atoms with Crippen LogP contribution in [0.5, 0.6) is 0 Å². The Morgan fingerprint density at radius 1 is 1.73 bits per heavy atom. The van der Waals surface area contributed by atoms with Crippen LogP contribution < -0.4 is 5.73 Å². The fourth-order valence-electron chi connectivity index (χ4n) is 0.368. The molecule has 0 aliphatic heterocycles. The van der Waals surface area contributed by atoms with Crippen LogP contribution in [0.25, 0.3) is 0 Å². The summed E-state index contributed by atoms with van der Waals surface area (Å²) in [7, 11) is 0. The Morgan fingerprint density at radius 3 is 2.45 bits per heavy atom. The maximum atomic E-state index is 10.1. The van der Waals surface area contributed by atoms with Gasteiger partial charge in [-0.15, -0.1) is 0 Å². The maximum absolute atomic E-state index is 10.1. The van der Waals surface area contributed by atoms with E-state index in [0.717, 1.165) is 5.75 Å². The van der Waals surface area contributed by atoms with Crippen LogP contribution in [0, 0.1) is 0 Å². The number of nitrogens with two attached hydrogens (primary N) is 1. The SMILES string of the molecule is CSCCC(N)C(=O)O.[GeH4].[SeH2]. The van der Waals surface area contributed by atoms with Crippen LogP contribution in [0.1, 0.15) is 6.42 Å². The van der Waals surface area contributed by atoms with Crippen molar-refractivity contribution < 1.29 is 9.90 Å². The van der Waals surface area contributed by atoms with Gasteiger partial charge in [0.05, 0.1) is 0 Å². The molecule has 0 spiro atoms. The van der Waals surface area contributed by atoms with E-state index in [1.54, 1.807) is 11.8 Å². The predicted molar refractivity (Wildman–Crippen MR) is 58.5 cm³/mol. The summed E-state index contributed by atoms with van der Waals surface area (Å²) in [6.45, 7) is 0. The molecule has 3 N–H and O–H groups in total. The Hall–Kier alpha value is 0.842. The Kier molecular flexibility index (Phi) is 17.6. The van der Waals surface area contributed by atoms with Crippen LogP contribution in [-0.4, -0.2) is 63.8 Å². The Balaban J connectivity index is -0.000000320. The normalized spacial score (nSPS) is 10.7. The summed E-state index contributed by atoms with van der Waals surface area (Å²) in [5, 5.41) is 8.27. The zero-order valence-corrected chi connectivity index (χ0v) is 8.75. The van der Waals surface area contributed by atoms with Gasteiger partial charge in [-0.05, 0) is 18.4 Å². The number of hydrogen-bond donors (Lipinski definition) is 2. The zero-order chi connectivity index (χ0) is 7.28. The van der Waals surface area contributed by atoms with Crippen molar-refractivity contribution in [3.63, 3.8) is 0 Å². The van der Waals surface area contributed by atoms with Gasteiger partial charge in [0.1, 0.15) is 6.04 Å². The molecule has 3 nitrogen and oxygen atoms in total. The summed E-state index contributed by atoms with van der Waals surface area (Å²) >= 11 is 1.60. The summed E-state index contributed by atoms with van der Waals surface area (Å²) < 4.78 is 0. The van der Waals surface area contributed by atoms with Crippen LogP contribution in [0.2, 0.25) is 0 Å². The fraction of sp³-hybridized carbons (Fsp3) is 0.800. The molecular weight excluding hydrogens is 290 g/mol. The number of carbonyl (C=O) groups is 1. The van der Waals surface area contributed by atoms with E-state index in [0.29, 0.717) is 6.42 Å². The van der Waals surface area contributed by atoms with E-state index < -0.39 is 12.0 Å². The molecule has 0 bridgehead atoms. The van der Waals surface area contributed by atoms with Crippen LogP contribution >= 0.6 is 11.8 Å². The second-order valence-corrected chi connectivity index (χ2v) is 2.71. The average molecular weight is 307 g/mol. The van der Waals surface area contributed by atoms with Crippen molar-refractivity contribution in [2.45, 2.75) is 12.5 Å². The quantitative estimate of drug-likeness (QED) is 0.578. The summed E-state index contributed by atoms with van der Waals surface area (Å²) in [4.78, 5) is 10.1. The number of aliphatic carboxylic acids is 1. The van der Waals surface area contributed by atoms with E-state index in [2.05, 4.69) is 0 Å². The zero-order valence-electron chi connectivity index (χ0n) is 5.83. The summed E-state index contributed by atoms with van der Waals surface area (Å²) in [5.41, 5.74) is 5.19. The second kappa shape index (κ2) is 10.8. The van der Waals surface area contributed by atoms with Crippen molar-refractivity contribution in [1.29, 1.82) is 0 Å². The minimum absolute atomic E-state index is 0. The number of thioether (sulfide) groups is 1. The van der Waals surface area contributed by atoms with Gasteiger partial charge < -0.3 is 10.8 Å². The van der Waals surface area contributed by atoms with Crippen molar-refractivity contribution in [1.82, 2.24) is 0 Å². The minimum atomic E-state index is -0.913. The van der Waals surface area contributed by atoms with E-state index in [1.165, 1.54) is 0 Å². The number of rotatable bonds is 4. The van der Waals surface area contributed by atoms with Crippen LogP contribution in [0.3, 0.4) is 0 Å². The molecule has 70 valence electrons. The van der Waals surface area contributed by atoms with Gasteiger partial charge in [0.15, 0.2) is 0 Å². The van der Waals surface area contributed by atoms with Crippen molar-refractivity contribution in [3.05, 3.63) is 0 Å². The first kappa shape index (κ1) is 17.8. The van der Waals surface area contributed by atoms with Crippen LogP contribution in [-0.2, 0) is 4.79 Å². The molecule has 0 aromatic carbocycles. The third-order valence-corrected chi connectivity index (χ3v) is 1.59. The Labute approximate surface area is 92.3 Å². The van der Waals surface area contributed by atoms with Gasteiger partial charge in [-0.3, -0.25) is 4.79 Å². The first-order valence-electron chi connectivity index (χ1n) is 2.65. The van der Waals surface area contributed by atoms with Crippen LogP contribution in [0.4, 0.5) is 0 Å². The molecule has 0 amide bonds. The van der Waals surface area contributed by atoms with Gasteiger partial charge in [0, 0.05) is 0 Å². The van der Waals surface area contributed by atoms with Crippen molar-refractivity contribution >= 4 is 52.4 Å². The Morgan fingerprint density at radius 2 is 2.18 bits per heavy atom. The molecule has 0 saturated heterocycles. The van der Waals surface area contributed by atoms with E-state index in [9.17, 15) is 4.79 Å². The number of carboxylic acid groups (broad SMARTS) is 1. The molecule has 1 atom stereocenters. The molecule has 0 heterocycles. The number of hydrogen-bond acceptors (Lipinski definition) is 3. The topological polar surface area (TPSA) is 63.3 Å². The van der Waals surface area contributed by atoms with Crippen LogP contribution in [0.15, 0.2) is 0 Å². The molecular formula is C5H17GeNO2SSe. The van der Waals surface area contributed by atoms with E-state index in [4.69, 9.17) is 10.8 Å². The standard InChI is InChI=1S/C5H11NO2S.GeH4.H2Se/c1-9-3-2-4(6)5(7)8;;/h4H,2-3,6H2,1H3,(H,7,8);1H4;1H2. The second-order valence-electron chi connectivity index (χ2n) is 1.73. The van der Waals surface area contributed by atoms with E-state index >= 15 is 0 Å². The summed E-state index contributed by atoms with van der Waals surface area (Å²) in [6, 6.07) is -0.683. The molecule has 0 saturated carbocycles. The van der Waals surface area contributed by atoms with Gasteiger partial charge in [0.25, 0.3) is 0 Å². The van der Waals surface area contributed by atoms with Gasteiger partial charge in [0.2, 0.25) is 0 Å². The molecule has 0 aliphatic carbocycles. The van der Waals surface area contributed by atoms with Gasteiger partial charge in [-0.25, -0.2) is 0 Å². The molecule has 0 aliphatic rings. The molecule has 1 unspecified atom stereocenters. The molecule has 0 rings (SSSR count). The van der Waals surface area contributed by atoms with Crippen molar-refractivity contribution in [2.24, 2.45) is 5.73 Å². The average Bonchev–Trinajstić information content (AvgIpc) is 1.82. The fourth-order valence-corrected chi connectivity index (χ4v) is 0.858. The first-order valence-corrected chi connectivity index (χ1v) is 4.05. The summed E-state index contributed by atoms with van der Waals surface area (Å²) in [6.07, 6.45) is 2.48. The van der Waals surface area contributed by atoms with Gasteiger partial charge in [-0.1, -0.05) is 0 Å². The monoisotopic (exact) mass is 309 g/mol. The van der Waals surface area contributed by atoms with Crippen molar-refractivity contribution in [3.8, 4) is 0 Å². The third-order valence-electron chi connectivity index (χ3n) is 0.950. The van der Waals surface area contributed by atoms with E-state index in [1.807, 2.05) is 6.26 Å². The molecule has 0 fully saturated rings. The predicted octanol–water partition coefficient (Wildman–Crippen LogP) is -2.22. The molecule has 0 radical (unpaired) electrons. The molecule has 0 aromatic rings. The van der Waals surface area contributed by atoms with Gasteiger partial charge >= 0.3 is 40.6 Å². The number of carboxylic acids is 1. The van der Waals surface area contributed by atoms with Gasteiger partial charge in [-0.2, -0.15) is 11.8 Å². The van der Waals surface area contributed by atoms with Crippen molar-refractivity contribution in [2.75, 3.05) is 12.0 Å². The molecule has 11 heavy (non-hydrogen) atoms. The first-order chi connectivity index (χ1) is 4.18. The molecule has 6 heteroatoms. The molecule has 0 aromatic heterocycles. The van der Waals surface area contributed by atoms with E-state index in [-0.39, 0.29) is 34.7 Å². The third kappa shape index (κ3) is 10.8. The Bertz CT molecular complexity index is 106.